The van der Waals surface area contributed by atoms with Gasteiger partial charge in [0.05, 0.1) is 26.9 Å². The number of benzene rings is 1. The average Bonchev–Trinajstić information content (AvgIpc) is 2.67. The number of nitrogens with zero attached hydrogens (tertiary/aromatic N) is 3. The minimum Gasteiger partial charge on any atom is -0.495 e. The van der Waals surface area contributed by atoms with Gasteiger partial charge in [-0.2, -0.15) is 0 Å². The van der Waals surface area contributed by atoms with Gasteiger partial charge in [0.25, 0.3) is 0 Å². The van der Waals surface area contributed by atoms with Crippen LogP contribution in [-0.4, -0.2) is 51.8 Å². The number of rotatable bonds is 6. The van der Waals surface area contributed by atoms with Gasteiger partial charge in [-0.15, -0.1) is 0 Å². The second-order valence-electron chi connectivity index (χ2n) is 6.00. The van der Waals surface area contributed by atoms with Crippen LogP contribution in [0, 0.1) is 6.92 Å². The maximum Gasteiger partial charge on any atom is 0.244 e. The number of aryl methyl sites for hydroxylation is 1. The Kier molecular flexibility index (Phi) is 6.15. The number of aromatic nitrogens is 2. The zero-order chi connectivity index (χ0) is 19.4. The van der Waals surface area contributed by atoms with E-state index in [4.69, 9.17) is 21.1 Å². The number of hydrogen-bond donors (Lipinski definition) is 1. The first-order valence-corrected chi connectivity index (χ1v) is 10.3. The van der Waals surface area contributed by atoms with E-state index in [1.54, 1.807) is 6.07 Å². The number of ether oxygens (including phenoxy) is 2. The van der Waals surface area contributed by atoms with Gasteiger partial charge in [0, 0.05) is 29.9 Å². The first kappa shape index (κ1) is 19.8. The Bertz CT molecular complexity index is 917. The van der Waals surface area contributed by atoms with Gasteiger partial charge in [-0.25, -0.2) is 23.1 Å². The highest BCUT2D eigenvalue weighted by Crippen LogP contribution is 2.27. The standard InChI is InChI=1S/C17H21ClN4O4S/c1-12-9-17(22-5-7-26-8-6-22)21-16(20-12)11-19-27(23,24)15-10-13(18)3-4-14(15)25-2/h3-4,9-10,19H,5-8,11H2,1-2H3. The molecule has 0 bridgehead atoms. The maximum atomic E-state index is 12.7. The predicted molar refractivity (Wildman–Crippen MR) is 102 cm³/mol. The fourth-order valence-corrected chi connectivity index (χ4v) is 4.15. The molecule has 0 atom stereocenters. The Labute approximate surface area is 163 Å². The van der Waals surface area contributed by atoms with Gasteiger partial charge in [0.1, 0.15) is 22.3 Å². The zero-order valence-electron chi connectivity index (χ0n) is 15.1. The summed E-state index contributed by atoms with van der Waals surface area (Å²) in [5.41, 5.74) is 0.765. The molecule has 1 aliphatic heterocycles. The molecule has 2 heterocycles. The van der Waals surface area contributed by atoms with Gasteiger partial charge in [-0.05, 0) is 25.1 Å². The zero-order valence-corrected chi connectivity index (χ0v) is 16.7. The topological polar surface area (TPSA) is 93.7 Å². The Morgan fingerprint density at radius 1 is 1.26 bits per heavy atom. The fraction of sp³-hybridized carbons (Fsp3) is 0.412. The van der Waals surface area contributed by atoms with Crippen LogP contribution in [0.5, 0.6) is 5.75 Å². The summed E-state index contributed by atoms with van der Waals surface area (Å²) in [5, 5.41) is 0.303. The summed E-state index contributed by atoms with van der Waals surface area (Å²) in [4.78, 5) is 10.9. The monoisotopic (exact) mass is 412 g/mol. The molecule has 146 valence electrons. The van der Waals surface area contributed by atoms with Gasteiger partial charge in [0.15, 0.2) is 0 Å². The number of sulfonamides is 1. The van der Waals surface area contributed by atoms with Crippen molar-refractivity contribution in [2.24, 2.45) is 0 Å². The minimum atomic E-state index is -3.85. The molecule has 8 nitrogen and oxygen atoms in total. The Morgan fingerprint density at radius 2 is 2.00 bits per heavy atom. The first-order chi connectivity index (χ1) is 12.9. The second kappa shape index (κ2) is 8.39. The normalized spacial score (nSPS) is 15.0. The van der Waals surface area contributed by atoms with Crippen LogP contribution in [0.1, 0.15) is 11.5 Å². The molecule has 1 aliphatic rings. The van der Waals surface area contributed by atoms with Crippen molar-refractivity contribution in [2.75, 3.05) is 38.3 Å². The molecule has 0 unspecified atom stereocenters. The molecule has 10 heteroatoms. The lowest BCUT2D eigenvalue weighted by molar-refractivity contribution is 0.122. The third-order valence-electron chi connectivity index (χ3n) is 4.06. The number of nitrogens with one attached hydrogen (secondary N) is 1. The molecule has 0 spiro atoms. The van der Waals surface area contributed by atoms with Crippen molar-refractivity contribution in [1.29, 1.82) is 0 Å². The van der Waals surface area contributed by atoms with E-state index in [2.05, 4.69) is 19.6 Å². The van der Waals surface area contributed by atoms with Gasteiger partial charge < -0.3 is 14.4 Å². The molecule has 1 aromatic heterocycles. The van der Waals surface area contributed by atoms with Crippen molar-refractivity contribution in [2.45, 2.75) is 18.4 Å². The van der Waals surface area contributed by atoms with Crippen LogP contribution in [0.15, 0.2) is 29.2 Å². The third kappa shape index (κ3) is 4.86. The van der Waals surface area contributed by atoms with Crippen molar-refractivity contribution in [3.05, 3.63) is 40.8 Å². The van der Waals surface area contributed by atoms with Crippen molar-refractivity contribution in [1.82, 2.24) is 14.7 Å². The molecule has 0 amide bonds. The van der Waals surface area contributed by atoms with E-state index in [0.717, 1.165) is 24.6 Å². The Balaban J connectivity index is 1.80. The van der Waals surface area contributed by atoms with Crippen LogP contribution in [0.4, 0.5) is 5.82 Å². The molecule has 3 rings (SSSR count). The lowest BCUT2D eigenvalue weighted by Gasteiger charge is -2.28. The number of morpholine rings is 1. The van der Waals surface area contributed by atoms with E-state index in [1.807, 2.05) is 13.0 Å². The van der Waals surface area contributed by atoms with Crippen LogP contribution in [0.25, 0.3) is 0 Å². The molecule has 1 N–H and O–H groups in total. The predicted octanol–water partition coefficient (Wildman–Crippen LogP) is 1.76. The summed E-state index contributed by atoms with van der Waals surface area (Å²) in [6, 6.07) is 6.30. The van der Waals surface area contributed by atoms with E-state index in [0.29, 0.717) is 24.1 Å². The number of anilines is 1. The van der Waals surface area contributed by atoms with E-state index in [1.165, 1.54) is 19.2 Å². The molecule has 1 saturated heterocycles. The van der Waals surface area contributed by atoms with Gasteiger partial charge in [0.2, 0.25) is 10.0 Å². The number of methoxy groups -OCH3 is 1. The van der Waals surface area contributed by atoms with Crippen LogP contribution < -0.4 is 14.4 Å². The smallest absolute Gasteiger partial charge is 0.244 e. The number of hydrogen-bond acceptors (Lipinski definition) is 7. The van der Waals surface area contributed by atoms with Crippen LogP contribution in [-0.2, 0) is 21.3 Å². The van der Waals surface area contributed by atoms with Crippen LogP contribution >= 0.6 is 11.6 Å². The average molecular weight is 413 g/mol. The summed E-state index contributed by atoms with van der Waals surface area (Å²) >= 11 is 5.94. The highest BCUT2D eigenvalue weighted by atomic mass is 35.5. The maximum absolute atomic E-state index is 12.7. The van der Waals surface area contributed by atoms with E-state index in [-0.39, 0.29) is 17.2 Å². The largest absolute Gasteiger partial charge is 0.495 e. The Morgan fingerprint density at radius 3 is 2.70 bits per heavy atom. The van der Waals surface area contributed by atoms with Crippen molar-refractivity contribution in [3.63, 3.8) is 0 Å². The van der Waals surface area contributed by atoms with E-state index in [9.17, 15) is 8.42 Å². The SMILES string of the molecule is COc1ccc(Cl)cc1S(=O)(=O)NCc1nc(C)cc(N2CCOCC2)n1. The summed E-state index contributed by atoms with van der Waals surface area (Å²) < 4.78 is 38.4. The third-order valence-corrected chi connectivity index (χ3v) is 5.72. The quantitative estimate of drug-likeness (QED) is 0.772. The first-order valence-electron chi connectivity index (χ1n) is 8.39. The van der Waals surface area contributed by atoms with Gasteiger partial charge in [-0.3, -0.25) is 0 Å². The molecular formula is C17H21ClN4O4S. The highest BCUT2D eigenvalue weighted by molar-refractivity contribution is 7.89. The molecule has 1 aromatic carbocycles. The Hall–Kier alpha value is -1.94. The molecule has 27 heavy (non-hydrogen) atoms. The van der Waals surface area contributed by atoms with E-state index >= 15 is 0 Å². The summed E-state index contributed by atoms with van der Waals surface area (Å²) in [6.07, 6.45) is 0. The number of halogens is 1. The lowest BCUT2D eigenvalue weighted by Crippen LogP contribution is -2.37. The minimum absolute atomic E-state index is 0.0291. The summed E-state index contributed by atoms with van der Waals surface area (Å²) in [5.74, 6) is 1.37. The summed E-state index contributed by atoms with van der Waals surface area (Å²) in [7, 11) is -2.44. The molecule has 2 aromatic rings. The molecular weight excluding hydrogens is 392 g/mol. The van der Waals surface area contributed by atoms with Crippen molar-refractivity contribution >= 4 is 27.4 Å². The fourth-order valence-electron chi connectivity index (χ4n) is 2.74. The van der Waals surface area contributed by atoms with E-state index < -0.39 is 10.0 Å². The van der Waals surface area contributed by atoms with Crippen molar-refractivity contribution in [3.8, 4) is 5.75 Å². The van der Waals surface area contributed by atoms with Gasteiger partial charge >= 0.3 is 0 Å². The summed E-state index contributed by atoms with van der Waals surface area (Å²) in [6.45, 7) is 4.56. The molecule has 0 radical (unpaired) electrons. The van der Waals surface area contributed by atoms with Crippen molar-refractivity contribution < 1.29 is 17.9 Å². The lowest BCUT2D eigenvalue weighted by atomic mass is 10.3. The van der Waals surface area contributed by atoms with Crippen LogP contribution in [0.3, 0.4) is 0 Å². The second-order valence-corrected chi connectivity index (χ2v) is 8.17. The van der Waals surface area contributed by atoms with Gasteiger partial charge in [-0.1, -0.05) is 11.6 Å². The molecule has 0 aliphatic carbocycles. The molecule has 0 saturated carbocycles. The molecule has 1 fully saturated rings. The highest BCUT2D eigenvalue weighted by Gasteiger charge is 2.21. The van der Waals surface area contributed by atoms with Crippen LogP contribution in [0.2, 0.25) is 5.02 Å².